The number of para-hydroxylation sites is 1. The van der Waals surface area contributed by atoms with E-state index in [1.54, 1.807) is 14.2 Å². The fourth-order valence-corrected chi connectivity index (χ4v) is 4.16. The number of nitrogens with zero attached hydrogens (tertiary/aromatic N) is 4. The molecule has 0 unspecified atom stereocenters. The lowest BCUT2D eigenvalue weighted by atomic mass is 10.1. The van der Waals surface area contributed by atoms with E-state index >= 15 is 0 Å². The molecule has 0 atom stereocenters. The highest BCUT2D eigenvalue weighted by Gasteiger charge is 2.23. The van der Waals surface area contributed by atoms with E-state index in [-0.39, 0.29) is 0 Å². The molecular formula is C22H29N5O5. The summed E-state index contributed by atoms with van der Waals surface area (Å²) in [6.07, 6.45) is 0.736. The average molecular weight is 444 g/mol. The topological polar surface area (TPSA) is 104 Å². The molecule has 10 heteroatoms. The number of hydrogen-bond acceptors (Lipinski definition) is 7. The Hall–Kier alpha value is -3.11. The van der Waals surface area contributed by atoms with Gasteiger partial charge in [-0.25, -0.2) is 9.78 Å². The third-order valence-electron chi connectivity index (χ3n) is 5.72. The normalized spacial score (nSPS) is 14.7. The number of aryl methyl sites for hydroxylation is 1. The summed E-state index contributed by atoms with van der Waals surface area (Å²) in [7, 11) is 3.15. The van der Waals surface area contributed by atoms with Crippen molar-refractivity contribution in [1.82, 2.24) is 24.0 Å². The number of H-pyrrole nitrogens is 1. The van der Waals surface area contributed by atoms with Crippen LogP contribution in [0.4, 0.5) is 0 Å². The number of morpholine rings is 1. The highest BCUT2D eigenvalue weighted by atomic mass is 16.5. The van der Waals surface area contributed by atoms with Gasteiger partial charge in [-0.05, 0) is 18.6 Å². The molecule has 1 saturated heterocycles. The summed E-state index contributed by atoms with van der Waals surface area (Å²) in [6, 6.07) is 5.54. The van der Waals surface area contributed by atoms with Gasteiger partial charge >= 0.3 is 5.69 Å². The van der Waals surface area contributed by atoms with E-state index in [1.165, 1.54) is 4.57 Å². The van der Waals surface area contributed by atoms with Crippen LogP contribution in [0.1, 0.15) is 13.3 Å². The lowest BCUT2D eigenvalue weighted by molar-refractivity contribution is 0.0365. The largest absolute Gasteiger partial charge is 0.493 e. The number of fused-ring (bicyclic) bond motifs is 1. The molecule has 32 heavy (non-hydrogen) atoms. The van der Waals surface area contributed by atoms with E-state index in [0.717, 1.165) is 26.1 Å². The Morgan fingerprint density at radius 1 is 1.06 bits per heavy atom. The van der Waals surface area contributed by atoms with Crippen LogP contribution in [-0.2, 0) is 17.8 Å². The van der Waals surface area contributed by atoms with Crippen molar-refractivity contribution in [1.29, 1.82) is 0 Å². The van der Waals surface area contributed by atoms with E-state index in [4.69, 9.17) is 19.2 Å². The Labute approximate surface area is 185 Å². The van der Waals surface area contributed by atoms with Crippen LogP contribution in [0.15, 0.2) is 27.8 Å². The van der Waals surface area contributed by atoms with Crippen LogP contribution < -0.4 is 20.7 Å². The lowest BCUT2D eigenvalue weighted by Gasteiger charge is -2.27. The van der Waals surface area contributed by atoms with Crippen molar-refractivity contribution >= 4 is 11.2 Å². The molecule has 1 fully saturated rings. The molecule has 3 heterocycles. The number of hydrogen-bond donors (Lipinski definition) is 1. The van der Waals surface area contributed by atoms with Crippen molar-refractivity contribution in [2.75, 3.05) is 47.1 Å². The van der Waals surface area contributed by atoms with E-state index < -0.39 is 11.2 Å². The summed E-state index contributed by atoms with van der Waals surface area (Å²) in [5, 5.41) is 0. The van der Waals surface area contributed by atoms with Gasteiger partial charge in [0.25, 0.3) is 5.56 Å². The molecule has 0 aliphatic carbocycles. The quantitative estimate of drug-likeness (QED) is 0.560. The zero-order valence-corrected chi connectivity index (χ0v) is 18.7. The van der Waals surface area contributed by atoms with Crippen molar-refractivity contribution < 1.29 is 14.2 Å². The smallest absolute Gasteiger partial charge is 0.330 e. The minimum absolute atomic E-state index is 0.377. The predicted octanol–water partition coefficient (Wildman–Crippen LogP) is 1.31. The molecule has 172 valence electrons. The number of benzene rings is 1. The molecule has 0 radical (unpaired) electrons. The summed E-state index contributed by atoms with van der Waals surface area (Å²) < 4.78 is 20.0. The van der Waals surface area contributed by atoms with Crippen molar-refractivity contribution in [3.8, 4) is 22.9 Å². The van der Waals surface area contributed by atoms with Crippen LogP contribution in [0.25, 0.3) is 22.6 Å². The van der Waals surface area contributed by atoms with Crippen LogP contribution in [0.5, 0.6) is 11.5 Å². The molecule has 0 bridgehead atoms. The summed E-state index contributed by atoms with van der Waals surface area (Å²) in [4.78, 5) is 35.0. The number of nitrogens with one attached hydrogen (secondary N) is 1. The lowest BCUT2D eigenvalue weighted by Crippen LogP contribution is -2.38. The number of methoxy groups -OCH3 is 2. The van der Waals surface area contributed by atoms with Gasteiger partial charge in [0.1, 0.15) is 5.82 Å². The molecule has 0 saturated carbocycles. The maximum Gasteiger partial charge on any atom is 0.330 e. The monoisotopic (exact) mass is 443 g/mol. The SMILES string of the molecule is CCCn1c(=O)[nH]c(=O)c2c1nc(-c1cccc(OC)c1OC)n2CCN1CCOCC1. The van der Waals surface area contributed by atoms with E-state index in [0.29, 0.717) is 60.4 Å². The second-order valence-electron chi connectivity index (χ2n) is 7.67. The Bertz CT molecular complexity index is 1210. The minimum atomic E-state index is -0.452. The van der Waals surface area contributed by atoms with Crippen LogP contribution >= 0.6 is 0 Å². The maximum atomic E-state index is 12.9. The van der Waals surface area contributed by atoms with Gasteiger partial charge in [-0.15, -0.1) is 0 Å². The molecule has 0 spiro atoms. The standard InChI is InChI=1S/C22H29N5O5/c1-4-8-27-20-17(21(28)24-22(27)29)26(10-9-25-11-13-32-14-12-25)19(23-20)15-6-5-7-16(30-2)18(15)31-3/h5-7H,4,8-14H2,1-3H3,(H,24,28,29). The second kappa shape index (κ2) is 9.58. The van der Waals surface area contributed by atoms with Crippen LogP contribution in [-0.4, -0.2) is 71.1 Å². The Morgan fingerprint density at radius 2 is 1.84 bits per heavy atom. The molecule has 0 amide bonds. The first-order valence-corrected chi connectivity index (χ1v) is 10.8. The first-order chi connectivity index (χ1) is 15.6. The zero-order chi connectivity index (χ0) is 22.7. The summed E-state index contributed by atoms with van der Waals surface area (Å²) in [5.74, 6) is 1.65. The van der Waals surface area contributed by atoms with Crippen molar-refractivity contribution in [3.05, 3.63) is 39.0 Å². The minimum Gasteiger partial charge on any atom is -0.493 e. The third-order valence-corrected chi connectivity index (χ3v) is 5.72. The Morgan fingerprint density at radius 3 is 2.53 bits per heavy atom. The summed E-state index contributed by atoms with van der Waals surface area (Å²) >= 11 is 0. The van der Waals surface area contributed by atoms with E-state index in [1.807, 2.05) is 29.7 Å². The second-order valence-corrected chi connectivity index (χ2v) is 7.67. The highest BCUT2D eigenvalue weighted by molar-refractivity contribution is 5.80. The first-order valence-electron chi connectivity index (χ1n) is 10.8. The molecule has 1 aliphatic rings. The predicted molar refractivity (Wildman–Crippen MR) is 121 cm³/mol. The molecule has 3 aromatic rings. The van der Waals surface area contributed by atoms with Crippen molar-refractivity contribution in [2.45, 2.75) is 26.4 Å². The Balaban J connectivity index is 1.93. The molecule has 1 aliphatic heterocycles. The molecular weight excluding hydrogens is 414 g/mol. The summed E-state index contributed by atoms with van der Waals surface area (Å²) in [6.45, 7) is 6.74. The van der Waals surface area contributed by atoms with Gasteiger partial charge < -0.3 is 18.8 Å². The third kappa shape index (κ3) is 4.03. The molecule has 4 rings (SSSR count). The number of imidazole rings is 1. The number of aromatic nitrogens is 4. The van der Waals surface area contributed by atoms with Crippen molar-refractivity contribution in [3.63, 3.8) is 0 Å². The zero-order valence-electron chi connectivity index (χ0n) is 18.7. The molecule has 10 nitrogen and oxygen atoms in total. The van der Waals surface area contributed by atoms with Crippen LogP contribution in [0.2, 0.25) is 0 Å². The average Bonchev–Trinajstić information content (AvgIpc) is 3.20. The van der Waals surface area contributed by atoms with E-state index in [9.17, 15) is 9.59 Å². The highest BCUT2D eigenvalue weighted by Crippen LogP contribution is 2.38. The van der Waals surface area contributed by atoms with Gasteiger partial charge in [-0.2, -0.15) is 0 Å². The van der Waals surface area contributed by atoms with Crippen LogP contribution in [0, 0.1) is 0 Å². The van der Waals surface area contributed by atoms with Crippen molar-refractivity contribution in [2.24, 2.45) is 0 Å². The van der Waals surface area contributed by atoms with Gasteiger partial charge in [0, 0.05) is 32.7 Å². The number of aromatic amines is 1. The van der Waals surface area contributed by atoms with Gasteiger partial charge in [0.15, 0.2) is 22.7 Å². The van der Waals surface area contributed by atoms with Gasteiger partial charge in [0.05, 0.1) is 33.0 Å². The Kier molecular flexibility index (Phi) is 6.61. The van der Waals surface area contributed by atoms with Gasteiger partial charge in [-0.1, -0.05) is 13.0 Å². The maximum absolute atomic E-state index is 12.9. The molecule has 1 N–H and O–H groups in total. The van der Waals surface area contributed by atoms with Gasteiger partial charge in [0.2, 0.25) is 0 Å². The van der Waals surface area contributed by atoms with Gasteiger partial charge in [-0.3, -0.25) is 19.2 Å². The fraction of sp³-hybridized carbons (Fsp3) is 0.500. The fourth-order valence-electron chi connectivity index (χ4n) is 4.16. The number of rotatable bonds is 8. The molecule has 2 aromatic heterocycles. The van der Waals surface area contributed by atoms with E-state index in [2.05, 4.69) is 9.88 Å². The first kappa shape index (κ1) is 22.1. The number of ether oxygens (including phenoxy) is 3. The molecule has 1 aromatic carbocycles. The summed E-state index contributed by atoms with van der Waals surface area (Å²) in [5.41, 5.74) is 0.555. The van der Waals surface area contributed by atoms with Crippen LogP contribution in [0.3, 0.4) is 0 Å².